The van der Waals surface area contributed by atoms with Crippen LogP contribution in [-0.4, -0.2) is 11.7 Å². The summed E-state index contributed by atoms with van der Waals surface area (Å²) < 4.78 is 15.3. The topological polar surface area (TPSA) is 63.0 Å². The lowest BCUT2D eigenvalue weighted by molar-refractivity contribution is 0.656. The van der Waals surface area contributed by atoms with Crippen LogP contribution < -0.4 is 5.32 Å². The Kier molecular flexibility index (Phi) is 8.08. The van der Waals surface area contributed by atoms with Crippen LogP contribution in [0.2, 0.25) is 0 Å². The van der Waals surface area contributed by atoms with Crippen LogP contribution in [0.5, 0.6) is 0 Å². The second kappa shape index (κ2) is 14.3. The molecule has 1 N–H and O–H groups in total. The maximum absolute atomic E-state index is 6.47. The number of thiophene rings is 1. The minimum atomic E-state index is -0.477. The van der Waals surface area contributed by atoms with Gasteiger partial charge < -0.3 is 14.2 Å². The Morgan fingerprint density at radius 1 is 0.397 bits per heavy atom. The van der Waals surface area contributed by atoms with E-state index < -0.39 is 6.17 Å². The van der Waals surface area contributed by atoms with E-state index in [-0.39, 0.29) is 0 Å². The van der Waals surface area contributed by atoms with E-state index in [1.807, 2.05) is 30.3 Å². The van der Waals surface area contributed by atoms with Crippen LogP contribution in [0.3, 0.4) is 0 Å². The minimum Gasteiger partial charge on any atom is -0.457 e. The maximum atomic E-state index is 6.47. The van der Waals surface area contributed by atoms with Crippen LogP contribution >= 0.6 is 11.3 Å². The molecule has 296 valence electrons. The normalized spacial score (nSPS) is 14.2. The van der Waals surface area contributed by atoms with E-state index in [0.717, 1.165) is 105 Å². The van der Waals surface area contributed by atoms with E-state index in [1.165, 1.54) is 20.2 Å². The van der Waals surface area contributed by atoms with Crippen molar-refractivity contribution in [1.29, 1.82) is 0 Å². The fraction of sp³-hybridized carbons (Fsp3) is 0.0175. The molecule has 13 rings (SSSR count). The number of furan rings is 1. The average molecular weight is 826 g/mol. The molecule has 1 unspecified atom stereocenters. The summed E-state index contributed by atoms with van der Waals surface area (Å²) >= 11 is 1.80. The van der Waals surface area contributed by atoms with E-state index >= 15 is 0 Å². The van der Waals surface area contributed by atoms with E-state index in [0.29, 0.717) is 0 Å². The van der Waals surface area contributed by atoms with Crippen molar-refractivity contribution >= 4 is 97.8 Å². The van der Waals surface area contributed by atoms with E-state index in [4.69, 9.17) is 18.8 Å². The summed E-state index contributed by atoms with van der Waals surface area (Å²) in [6.07, 6.45) is -0.477. The smallest absolute Gasteiger partial charge is 0.169 e. The Morgan fingerprint density at radius 2 is 1.11 bits per heavy atom. The van der Waals surface area contributed by atoms with Crippen molar-refractivity contribution in [2.24, 2.45) is 9.98 Å². The largest absolute Gasteiger partial charge is 0.457 e. The molecule has 6 heteroatoms. The molecular formula is C57H35N3O2S. The molecular weight excluding hydrogens is 791 g/mol. The van der Waals surface area contributed by atoms with Crippen molar-refractivity contribution in [3.63, 3.8) is 0 Å². The Bertz CT molecular complexity index is 3890. The van der Waals surface area contributed by atoms with Gasteiger partial charge in [0.25, 0.3) is 0 Å². The van der Waals surface area contributed by atoms with Crippen LogP contribution in [0, 0.1) is 0 Å². The summed E-state index contributed by atoms with van der Waals surface area (Å²) in [6.45, 7) is 0. The lowest BCUT2D eigenvalue weighted by Crippen LogP contribution is -2.36. The Morgan fingerprint density at radius 3 is 2.03 bits per heavy atom. The number of rotatable bonds is 5. The number of benzene rings is 9. The second-order valence-corrected chi connectivity index (χ2v) is 17.2. The second-order valence-electron chi connectivity index (χ2n) is 16.2. The molecule has 0 radical (unpaired) electrons. The molecule has 0 saturated carbocycles. The highest BCUT2D eigenvalue weighted by atomic mass is 32.1. The number of amidine groups is 2. The highest BCUT2D eigenvalue weighted by Crippen LogP contribution is 2.38. The third kappa shape index (κ3) is 6.14. The molecule has 5 nitrogen and oxygen atoms in total. The molecule has 0 spiro atoms. The first kappa shape index (κ1) is 35.7. The molecule has 1 aliphatic rings. The highest BCUT2D eigenvalue weighted by Gasteiger charge is 2.24. The van der Waals surface area contributed by atoms with Gasteiger partial charge in [-0.1, -0.05) is 133 Å². The average Bonchev–Trinajstić information content (AvgIpc) is 3.92. The van der Waals surface area contributed by atoms with Gasteiger partial charge in [-0.2, -0.15) is 0 Å². The summed E-state index contributed by atoms with van der Waals surface area (Å²) in [5.74, 6) is 1.54. The molecule has 12 aromatic rings. The van der Waals surface area contributed by atoms with Gasteiger partial charge in [0.2, 0.25) is 0 Å². The molecule has 0 fully saturated rings. The number of nitrogens with zero attached hydrogens (tertiary/aromatic N) is 2. The quantitative estimate of drug-likeness (QED) is 0.188. The van der Waals surface area contributed by atoms with Gasteiger partial charge in [0.1, 0.15) is 34.0 Å². The number of hydrogen-bond acceptors (Lipinski definition) is 6. The van der Waals surface area contributed by atoms with Gasteiger partial charge in [-0.25, -0.2) is 9.98 Å². The summed E-state index contributed by atoms with van der Waals surface area (Å²) in [4.78, 5) is 10.6. The molecule has 63 heavy (non-hydrogen) atoms. The summed E-state index contributed by atoms with van der Waals surface area (Å²) in [5.41, 5.74) is 10.8. The van der Waals surface area contributed by atoms with Gasteiger partial charge in [-0.05, 0) is 116 Å². The van der Waals surface area contributed by atoms with Gasteiger partial charge in [0, 0.05) is 42.1 Å². The predicted octanol–water partition coefficient (Wildman–Crippen LogP) is 15.4. The number of fused-ring (bicyclic) bond motifs is 13. The third-order valence-electron chi connectivity index (χ3n) is 12.3. The monoisotopic (exact) mass is 825 g/mol. The standard InChI is InChI=1S/C57H35N3O2S/c1-2-10-34(11-3-1)40-28-41-31-43(30-40)61-42-13-8-12-38(29-42)50-32-37(24-26-44(41)50)35-20-22-36(23-21-35)55-58-56(39-25-27-46-45-14-4-6-18-51(45)62-52(46)33-39)60-57(59-55)49-17-9-16-48-47-15-5-7-19-53(47)63-54(48)49/h1-33,55H,(H,58,59,60). The zero-order valence-corrected chi connectivity index (χ0v) is 34.6. The Labute approximate surface area is 365 Å². The maximum Gasteiger partial charge on any atom is 0.169 e. The highest BCUT2D eigenvalue weighted by molar-refractivity contribution is 7.26. The number of aliphatic imine (C=N–C) groups is 2. The van der Waals surface area contributed by atoms with Gasteiger partial charge in [0.05, 0.1) is 0 Å². The van der Waals surface area contributed by atoms with E-state index in [1.54, 1.807) is 11.3 Å². The minimum absolute atomic E-state index is 0.477. The third-order valence-corrected chi connectivity index (χ3v) is 13.5. The van der Waals surface area contributed by atoms with Crippen LogP contribution in [0.25, 0.3) is 97.1 Å². The van der Waals surface area contributed by atoms with Crippen molar-refractivity contribution in [3.05, 3.63) is 217 Å². The van der Waals surface area contributed by atoms with Crippen molar-refractivity contribution in [1.82, 2.24) is 5.32 Å². The van der Waals surface area contributed by atoms with Crippen molar-refractivity contribution < 1.29 is 8.83 Å². The first-order valence-electron chi connectivity index (χ1n) is 21.1. The molecule has 4 heterocycles. The number of nitrogens with one attached hydrogen (secondary N) is 1. The van der Waals surface area contributed by atoms with Gasteiger partial charge in [-0.3, -0.25) is 0 Å². The van der Waals surface area contributed by atoms with Gasteiger partial charge >= 0.3 is 0 Å². The summed E-state index contributed by atoms with van der Waals surface area (Å²) in [5, 5.41) is 12.9. The van der Waals surface area contributed by atoms with Crippen LogP contribution in [0.1, 0.15) is 22.9 Å². The number of hydrogen-bond donors (Lipinski definition) is 1. The molecule has 1 atom stereocenters. The predicted molar refractivity (Wildman–Crippen MR) is 263 cm³/mol. The first-order chi connectivity index (χ1) is 31.1. The van der Waals surface area contributed by atoms with E-state index in [9.17, 15) is 0 Å². The molecule has 9 aromatic carbocycles. The fourth-order valence-corrected chi connectivity index (χ4v) is 10.4. The summed E-state index contributed by atoms with van der Waals surface area (Å²) in [7, 11) is 0. The first-order valence-corrected chi connectivity index (χ1v) is 22.0. The van der Waals surface area contributed by atoms with Crippen LogP contribution in [-0.2, 0) is 0 Å². The molecule has 1 aliphatic heterocycles. The fourth-order valence-electron chi connectivity index (χ4n) is 9.23. The summed E-state index contributed by atoms with van der Waals surface area (Å²) in [6, 6.07) is 70.5. The number of para-hydroxylation sites is 1. The lowest BCUT2D eigenvalue weighted by atomic mass is 9.96. The zero-order chi connectivity index (χ0) is 41.4. The molecule has 0 amide bonds. The Hall–Kier alpha value is -8.06. The SMILES string of the molecule is c1ccc(-c2cc3cc(c2)c2ccc(-c4ccc(C5N=C(c6ccc7c(c6)oc6ccccc67)NC(c6cccc7c6sc6ccccc67)=N5)cc4)cc2c2cccc(c2)o3)cc1. The van der Waals surface area contributed by atoms with Crippen LogP contribution in [0.4, 0.5) is 0 Å². The van der Waals surface area contributed by atoms with Gasteiger partial charge in [-0.15, -0.1) is 11.3 Å². The molecule has 4 bridgehead atoms. The molecule has 0 aliphatic carbocycles. The molecule has 0 saturated heterocycles. The molecule has 3 aromatic heterocycles. The van der Waals surface area contributed by atoms with E-state index in [2.05, 4.69) is 175 Å². The van der Waals surface area contributed by atoms with Crippen molar-refractivity contribution in [3.8, 4) is 22.3 Å². The van der Waals surface area contributed by atoms with Crippen LogP contribution in [0.15, 0.2) is 219 Å². The zero-order valence-electron chi connectivity index (χ0n) is 33.7. The lowest BCUT2D eigenvalue weighted by Gasteiger charge is -2.23. The Balaban J connectivity index is 0.927. The van der Waals surface area contributed by atoms with Gasteiger partial charge in [0.15, 0.2) is 6.17 Å². The van der Waals surface area contributed by atoms with Crippen molar-refractivity contribution in [2.45, 2.75) is 6.17 Å². The van der Waals surface area contributed by atoms with Crippen molar-refractivity contribution in [2.75, 3.05) is 0 Å².